The predicted molar refractivity (Wildman–Crippen MR) is 54.6 cm³/mol. The highest BCUT2D eigenvalue weighted by molar-refractivity contribution is 5.36. The lowest BCUT2D eigenvalue weighted by molar-refractivity contribution is -0.595. The minimum Gasteiger partial charge on any atom is -1.00 e. The SMILES string of the molecule is O=[N+]([O-])c1ccc(-[n+]2ccccc2)cc1.[Cl-]. The molecule has 0 aliphatic rings. The maximum absolute atomic E-state index is 10.4. The molecule has 2 aromatic rings. The van der Waals surface area contributed by atoms with E-state index >= 15 is 0 Å². The number of pyridine rings is 1. The maximum atomic E-state index is 10.4. The fraction of sp³-hybridized carbons (Fsp3) is 0. The first-order valence-corrected chi connectivity index (χ1v) is 4.48. The van der Waals surface area contributed by atoms with Gasteiger partial charge in [-0.05, 0) is 0 Å². The summed E-state index contributed by atoms with van der Waals surface area (Å²) >= 11 is 0. The van der Waals surface area contributed by atoms with Gasteiger partial charge in [0.2, 0.25) is 5.69 Å². The standard InChI is InChI=1S/C11H9N2O2.ClH/c14-13(15)11-6-4-10(5-7-11)12-8-2-1-3-9-12;/h1-9H;1H/q+1;/p-1. The van der Waals surface area contributed by atoms with Crippen LogP contribution in [0, 0.1) is 10.1 Å². The number of non-ortho nitro benzene ring substituents is 1. The van der Waals surface area contributed by atoms with Gasteiger partial charge in [-0.25, -0.2) is 0 Å². The van der Waals surface area contributed by atoms with Gasteiger partial charge in [0, 0.05) is 36.4 Å². The Morgan fingerprint density at radius 2 is 1.56 bits per heavy atom. The molecule has 16 heavy (non-hydrogen) atoms. The number of halogens is 1. The number of nitro benzene ring substituents is 1. The molecule has 1 aromatic heterocycles. The molecule has 1 heterocycles. The van der Waals surface area contributed by atoms with Crippen molar-refractivity contribution >= 4 is 5.69 Å². The van der Waals surface area contributed by atoms with Crippen LogP contribution in [-0.4, -0.2) is 4.92 Å². The Morgan fingerprint density at radius 3 is 2.06 bits per heavy atom. The zero-order valence-corrected chi connectivity index (χ0v) is 9.04. The van der Waals surface area contributed by atoms with Gasteiger partial charge in [-0.1, -0.05) is 6.07 Å². The highest BCUT2D eigenvalue weighted by Crippen LogP contribution is 2.11. The second-order valence-corrected chi connectivity index (χ2v) is 3.06. The zero-order chi connectivity index (χ0) is 10.7. The van der Waals surface area contributed by atoms with E-state index < -0.39 is 4.92 Å². The third kappa shape index (κ3) is 2.55. The van der Waals surface area contributed by atoms with Crippen LogP contribution in [0.1, 0.15) is 0 Å². The molecule has 2 rings (SSSR count). The van der Waals surface area contributed by atoms with E-state index in [1.807, 2.05) is 35.2 Å². The molecule has 1 aromatic carbocycles. The topological polar surface area (TPSA) is 47.0 Å². The van der Waals surface area contributed by atoms with Crippen LogP contribution in [0.5, 0.6) is 0 Å². The van der Waals surface area contributed by atoms with Gasteiger partial charge < -0.3 is 12.4 Å². The summed E-state index contributed by atoms with van der Waals surface area (Å²) in [6, 6.07) is 12.2. The van der Waals surface area contributed by atoms with Gasteiger partial charge in [0.05, 0.1) is 4.92 Å². The van der Waals surface area contributed by atoms with Crippen LogP contribution in [-0.2, 0) is 0 Å². The molecule has 82 valence electrons. The van der Waals surface area contributed by atoms with Gasteiger partial charge in [0.1, 0.15) is 0 Å². The van der Waals surface area contributed by atoms with Crippen molar-refractivity contribution in [1.29, 1.82) is 0 Å². The average Bonchev–Trinajstić information content (AvgIpc) is 2.30. The number of aromatic nitrogens is 1. The normalized spacial score (nSPS) is 9.25. The van der Waals surface area contributed by atoms with E-state index in [0.717, 1.165) is 5.69 Å². The lowest BCUT2D eigenvalue weighted by Gasteiger charge is -1.94. The predicted octanol–water partition coefficient (Wildman–Crippen LogP) is -1.12. The maximum Gasteiger partial charge on any atom is 0.269 e. The van der Waals surface area contributed by atoms with Crippen molar-refractivity contribution in [3.8, 4) is 5.69 Å². The second kappa shape index (κ2) is 5.23. The van der Waals surface area contributed by atoms with Crippen molar-refractivity contribution in [1.82, 2.24) is 0 Å². The summed E-state index contributed by atoms with van der Waals surface area (Å²) in [7, 11) is 0. The number of nitrogens with zero attached hydrogens (tertiary/aromatic N) is 2. The first-order chi connectivity index (χ1) is 7.27. The third-order valence-electron chi connectivity index (χ3n) is 2.07. The smallest absolute Gasteiger partial charge is 0.269 e. The summed E-state index contributed by atoms with van der Waals surface area (Å²) in [5.74, 6) is 0. The summed E-state index contributed by atoms with van der Waals surface area (Å²) in [4.78, 5) is 10.0. The van der Waals surface area contributed by atoms with Crippen molar-refractivity contribution in [2.75, 3.05) is 0 Å². The largest absolute Gasteiger partial charge is 1.00 e. The minimum atomic E-state index is -0.403. The molecule has 0 unspecified atom stereocenters. The highest BCUT2D eigenvalue weighted by Gasteiger charge is 2.08. The molecule has 0 aliphatic carbocycles. The molecule has 0 bridgehead atoms. The fourth-order valence-corrected chi connectivity index (χ4v) is 1.32. The van der Waals surface area contributed by atoms with Crippen LogP contribution in [0.25, 0.3) is 5.69 Å². The summed E-state index contributed by atoms with van der Waals surface area (Å²) < 4.78 is 1.89. The molecule has 0 atom stereocenters. The Labute approximate surface area is 98.7 Å². The molecule has 4 nitrogen and oxygen atoms in total. The zero-order valence-electron chi connectivity index (χ0n) is 8.29. The van der Waals surface area contributed by atoms with Crippen LogP contribution in [0.4, 0.5) is 5.69 Å². The van der Waals surface area contributed by atoms with E-state index in [1.165, 1.54) is 12.1 Å². The molecule has 0 saturated carbocycles. The lowest BCUT2D eigenvalue weighted by Crippen LogP contribution is -3.00. The quantitative estimate of drug-likeness (QED) is 0.377. The molecule has 0 fully saturated rings. The molecule has 0 saturated heterocycles. The Balaban J connectivity index is 0.00000128. The van der Waals surface area contributed by atoms with E-state index in [0.29, 0.717) is 0 Å². The average molecular weight is 237 g/mol. The molecule has 5 heteroatoms. The molecule has 0 aliphatic heterocycles. The molecular weight excluding hydrogens is 228 g/mol. The second-order valence-electron chi connectivity index (χ2n) is 3.06. The van der Waals surface area contributed by atoms with Crippen molar-refractivity contribution < 1.29 is 21.9 Å². The van der Waals surface area contributed by atoms with Crippen LogP contribution in [0.2, 0.25) is 0 Å². The highest BCUT2D eigenvalue weighted by atomic mass is 35.5. The number of benzene rings is 1. The van der Waals surface area contributed by atoms with Crippen LogP contribution in [0.3, 0.4) is 0 Å². The Kier molecular flexibility index (Phi) is 3.96. The molecule has 0 N–H and O–H groups in total. The van der Waals surface area contributed by atoms with E-state index in [2.05, 4.69) is 0 Å². The number of hydrogen-bond donors (Lipinski definition) is 0. The van der Waals surface area contributed by atoms with Crippen molar-refractivity contribution in [3.63, 3.8) is 0 Å². The van der Waals surface area contributed by atoms with Gasteiger partial charge in [0.15, 0.2) is 12.4 Å². The van der Waals surface area contributed by atoms with Gasteiger partial charge in [0.25, 0.3) is 5.69 Å². The lowest BCUT2D eigenvalue weighted by atomic mass is 10.3. The molecule has 0 spiro atoms. The van der Waals surface area contributed by atoms with Gasteiger partial charge in [-0.15, -0.1) is 0 Å². The Bertz CT molecular complexity index is 471. The first-order valence-electron chi connectivity index (χ1n) is 4.48. The number of rotatable bonds is 2. The number of hydrogen-bond acceptors (Lipinski definition) is 2. The molecule has 0 radical (unpaired) electrons. The van der Waals surface area contributed by atoms with Crippen LogP contribution in [0.15, 0.2) is 54.9 Å². The number of nitro groups is 1. The molecule has 0 amide bonds. The summed E-state index contributed by atoms with van der Waals surface area (Å²) in [5, 5.41) is 10.4. The fourth-order valence-electron chi connectivity index (χ4n) is 1.32. The van der Waals surface area contributed by atoms with Gasteiger partial charge in [-0.2, -0.15) is 4.57 Å². The van der Waals surface area contributed by atoms with Crippen molar-refractivity contribution in [2.45, 2.75) is 0 Å². The Hall–Kier alpha value is -1.94. The minimum absolute atomic E-state index is 0. The van der Waals surface area contributed by atoms with E-state index in [1.54, 1.807) is 12.1 Å². The van der Waals surface area contributed by atoms with E-state index in [-0.39, 0.29) is 18.1 Å². The van der Waals surface area contributed by atoms with Crippen molar-refractivity contribution in [3.05, 3.63) is 65.0 Å². The summed E-state index contributed by atoms with van der Waals surface area (Å²) in [5.41, 5.74) is 1.01. The van der Waals surface area contributed by atoms with E-state index in [9.17, 15) is 10.1 Å². The van der Waals surface area contributed by atoms with Crippen molar-refractivity contribution in [2.24, 2.45) is 0 Å². The van der Waals surface area contributed by atoms with Crippen LogP contribution >= 0.6 is 0 Å². The van der Waals surface area contributed by atoms with Gasteiger partial charge >= 0.3 is 0 Å². The first kappa shape index (κ1) is 12.1. The summed E-state index contributed by atoms with van der Waals surface area (Å²) in [6.45, 7) is 0. The van der Waals surface area contributed by atoms with E-state index in [4.69, 9.17) is 0 Å². The molecular formula is C11H9ClN2O2. The van der Waals surface area contributed by atoms with Gasteiger partial charge in [-0.3, -0.25) is 10.1 Å². The summed E-state index contributed by atoms with van der Waals surface area (Å²) in [6.07, 6.45) is 3.78. The Morgan fingerprint density at radius 1 is 1.00 bits per heavy atom. The monoisotopic (exact) mass is 236 g/mol. The third-order valence-corrected chi connectivity index (χ3v) is 2.07. The van der Waals surface area contributed by atoms with Crippen LogP contribution < -0.4 is 17.0 Å².